The monoisotopic (exact) mass is 269 g/mol. The summed E-state index contributed by atoms with van der Waals surface area (Å²) in [5.74, 6) is 0. The largest absolute Gasteiger partial charge is 0.394 e. The van der Waals surface area contributed by atoms with E-state index < -0.39 is 0 Å². The maximum absolute atomic E-state index is 8.67. The van der Waals surface area contributed by atoms with Crippen molar-refractivity contribution in [3.63, 3.8) is 0 Å². The van der Waals surface area contributed by atoms with Crippen LogP contribution in [0.25, 0.3) is 0 Å². The molecular weight excluding hydrogens is 250 g/mol. The second kappa shape index (κ2) is 7.10. The van der Waals surface area contributed by atoms with E-state index in [4.69, 9.17) is 21.4 Å². The quantitative estimate of drug-likeness (QED) is 0.806. The molecule has 1 saturated heterocycles. The van der Waals surface area contributed by atoms with E-state index in [0.29, 0.717) is 19.3 Å². The van der Waals surface area contributed by atoms with E-state index in [1.165, 1.54) is 12.0 Å². The summed E-state index contributed by atoms with van der Waals surface area (Å²) in [6, 6.07) is 8.49. The number of likely N-dealkylation sites (tertiary alicyclic amines) is 1. The van der Waals surface area contributed by atoms with Crippen LogP contribution in [0.2, 0.25) is 5.02 Å². The topological polar surface area (TPSA) is 32.7 Å². The van der Waals surface area contributed by atoms with Crippen LogP contribution >= 0.6 is 11.6 Å². The lowest BCUT2D eigenvalue weighted by Crippen LogP contribution is -2.27. The lowest BCUT2D eigenvalue weighted by molar-refractivity contribution is 0.0710. The Bertz CT molecular complexity index is 373. The third kappa shape index (κ3) is 3.45. The molecule has 100 valence electrons. The number of hydrogen-bond acceptors (Lipinski definition) is 3. The first kappa shape index (κ1) is 13.8. The second-order valence-corrected chi connectivity index (χ2v) is 4.96. The third-order valence-electron chi connectivity index (χ3n) is 3.39. The lowest BCUT2D eigenvalue weighted by Gasteiger charge is -2.25. The van der Waals surface area contributed by atoms with Crippen molar-refractivity contribution in [1.82, 2.24) is 4.90 Å². The fraction of sp³-hybridized carbons (Fsp3) is 0.571. The van der Waals surface area contributed by atoms with Crippen molar-refractivity contribution >= 4 is 11.6 Å². The van der Waals surface area contributed by atoms with Gasteiger partial charge in [0, 0.05) is 17.6 Å². The summed E-state index contributed by atoms with van der Waals surface area (Å²) in [4.78, 5) is 2.42. The van der Waals surface area contributed by atoms with Gasteiger partial charge in [0.1, 0.15) is 0 Å². The predicted octanol–water partition coefficient (Wildman–Crippen LogP) is 2.49. The number of aliphatic hydroxyl groups is 1. The fourth-order valence-corrected chi connectivity index (χ4v) is 2.80. The Kier molecular flexibility index (Phi) is 5.45. The highest BCUT2D eigenvalue weighted by Crippen LogP contribution is 2.35. The average molecular weight is 270 g/mol. The number of nitrogens with zero attached hydrogens (tertiary/aromatic N) is 1. The van der Waals surface area contributed by atoms with Crippen molar-refractivity contribution < 1.29 is 9.84 Å². The third-order valence-corrected chi connectivity index (χ3v) is 3.73. The molecule has 3 nitrogen and oxygen atoms in total. The van der Waals surface area contributed by atoms with Crippen molar-refractivity contribution in [2.45, 2.75) is 18.9 Å². The van der Waals surface area contributed by atoms with Gasteiger partial charge in [0.25, 0.3) is 0 Å². The van der Waals surface area contributed by atoms with Gasteiger partial charge in [-0.05, 0) is 31.0 Å². The van der Waals surface area contributed by atoms with Crippen molar-refractivity contribution in [3.8, 4) is 0 Å². The Labute approximate surface area is 113 Å². The van der Waals surface area contributed by atoms with Gasteiger partial charge >= 0.3 is 0 Å². The normalized spacial score (nSPS) is 20.4. The molecule has 0 radical (unpaired) electrons. The first-order valence-corrected chi connectivity index (χ1v) is 6.88. The molecule has 0 amide bonds. The first-order chi connectivity index (χ1) is 8.83. The van der Waals surface area contributed by atoms with E-state index in [2.05, 4.69) is 11.0 Å². The van der Waals surface area contributed by atoms with Gasteiger partial charge in [-0.1, -0.05) is 29.8 Å². The Hall–Kier alpha value is -0.610. The van der Waals surface area contributed by atoms with Crippen LogP contribution < -0.4 is 0 Å². The molecule has 0 aromatic heterocycles. The molecular formula is C14H20ClNO2. The maximum atomic E-state index is 8.67. The highest BCUT2D eigenvalue weighted by molar-refractivity contribution is 6.31. The number of halogens is 1. The van der Waals surface area contributed by atoms with Crippen molar-refractivity contribution in [1.29, 1.82) is 0 Å². The number of aliphatic hydroxyl groups excluding tert-OH is 1. The van der Waals surface area contributed by atoms with Crippen LogP contribution in [0.15, 0.2) is 24.3 Å². The minimum Gasteiger partial charge on any atom is -0.394 e. The van der Waals surface area contributed by atoms with E-state index in [-0.39, 0.29) is 6.61 Å². The van der Waals surface area contributed by atoms with Crippen molar-refractivity contribution in [2.24, 2.45) is 0 Å². The molecule has 0 bridgehead atoms. The molecule has 1 heterocycles. The SMILES string of the molecule is OCCOCCN1CCCC1c1ccccc1Cl. The standard InChI is InChI=1S/C14H20ClNO2/c15-13-5-2-1-4-12(13)14-6-3-7-16(14)8-10-18-11-9-17/h1-2,4-5,14,17H,3,6-11H2. The highest BCUT2D eigenvalue weighted by Gasteiger charge is 2.26. The molecule has 1 aromatic carbocycles. The van der Waals surface area contributed by atoms with Crippen LogP contribution in [-0.2, 0) is 4.74 Å². The fourth-order valence-electron chi connectivity index (χ4n) is 2.54. The van der Waals surface area contributed by atoms with E-state index in [0.717, 1.165) is 24.5 Å². The Morgan fingerprint density at radius 1 is 1.33 bits per heavy atom. The van der Waals surface area contributed by atoms with E-state index >= 15 is 0 Å². The van der Waals surface area contributed by atoms with Gasteiger partial charge in [0.05, 0.1) is 19.8 Å². The number of ether oxygens (including phenoxy) is 1. The summed E-state index contributed by atoms with van der Waals surface area (Å²) in [7, 11) is 0. The van der Waals surface area contributed by atoms with Gasteiger partial charge in [-0.3, -0.25) is 4.90 Å². The molecule has 0 saturated carbocycles. The molecule has 1 fully saturated rings. The Balaban J connectivity index is 1.93. The molecule has 0 aliphatic carbocycles. The molecule has 1 atom stereocenters. The summed E-state index contributed by atoms with van der Waals surface area (Å²) in [6.45, 7) is 3.17. The van der Waals surface area contributed by atoms with Gasteiger partial charge in [0.15, 0.2) is 0 Å². The minimum absolute atomic E-state index is 0.0912. The van der Waals surface area contributed by atoms with Crippen molar-refractivity contribution in [3.05, 3.63) is 34.9 Å². The number of hydrogen-bond donors (Lipinski definition) is 1. The number of benzene rings is 1. The molecule has 4 heteroatoms. The minimum atomic E-state index is 0.0912. The van der Waals surface area contributed by atoms with Gasteiger partial charge in [-0.15, -0.1) is 0 Å². The molecule has 0 spiro atoms. The van der Waals surface area contributed by atoms with Crippen LogP contribution in [0.5, 0.6) is 0 Å². The molecule has 1 aliphatic rings. The molecule has 18 heavy (non-hydrogen) atoms. The van der Waals surface area contributed by atoms with E-state index in [1.54, 1.807) is 0 Å². The van der Waals surface area contributed by atoms with Crippen LogP contribution in [0, 0.1) is 0 Å². The van der Waals surface area contributed by atoms with Crippen LogP contribution in [0.3, 0.4) is 0 Å². The zero-order valence-corrected chi connectivity index (χ0v) is 11.3. The zero-order chi connectivity index (χ0) is 12.8. The van der Waals surface area contributed by atoms with Gasteiger partial charge in [0.2, 0.25) is 0 Å². The van der Waals surface area contributed by atoms with Crippen molar-refractivity contribution in [2.75, 3.05) is 32.9 Å². The van der Waals surface area contributed by atoms with Gasteiger partial charge in [-0.25, -0.2) is 0 Å². The highest BCUT2D eigenvalue weighted by atomic mass is 35.5. The average Bonchev–Trinajstić information content (AvgIpc) is 2.83. The van der Waals surface area contributed by atoms with Crippen LogP contribution in [0.4, 0.5) is 0 Å². The second-order valence-electron chi connectivity index (χ2n) is 4.55. The smallest absolute Gasteiger partial charge is 0.0698 e. The van der Waals surface area contributed by atoms with E-state index in [1.807, 2.05) is 18.2 Å². The molecule has 1 unspecified atom stereocenters. The first-order valence-electron chi connectivity index (χ1n) is 6.50. The van der Waals surface area contributed by atoms with Crippen LogP contribution in [0.1, 0.15) is 24.4 Å². The summed E-state index contributed by atoms with van der Waals surface area (Å²) >= 11 is 6.26. The molecule has 1 N–H and O–H groups in total. The number of rotatable bonds is 6. The molecule has 1 aliphatic heterocycles. The summed E-state index contributed by atoms with van der Waals surface area (Å²) in [6.07, 6.45) is 2.36. The lowest BCUT2D eigenvalue weighted by atomic mass is 10.0. The summed E-state index contributed by atoms with van der Waals surface area (Å²) in [5.41, 5.74) is 1.22. The Morgan fingerprint density at radius 2 is 2.17 bits per heavy atom. The maximum Gasteiger partial charge on any atom is 0.0698 e. The summed E-state index contributed by atoms with van der Waals surface area (Å²) in [5, 5.41) is 9.52. The summed E-state index contributed by atoms with van der Waals surface area (Å²) < 4.78 is 5.33. The van der Waals surface area contributed by atoms with Gasteiger partial charge in [-0.2, -0.15) is 0 Å². The van der Waals surface area contributed by atoms with Crippen LogP contribution in [-0.4, -0.2) is 42.9 Å². The molecule has 2 rings (SSSR count). The Morgan fingerprint density at radius 3 is 2.94 bits per heavy atom. The predicted molar refractivity (Wildman–Crippen MR) is 72.9 cm³/mol. The molecule has 1 aromatic rings. The van der Waals surface area contributed by atoms with E-state index in [9.17, 15) is 0 Å². The van der Waals surface area contributed by atoms with Gasteiger partial charge < -0.3 is 9.84 Å². The zero-order valence-electron chi connectivity index (χ0n) is 10.5.